The summed E-state index contributed by atoms with van der Waals surface area (Å²) >= 11 is 7.72. The fourth-order valence-corrected chi connectivity index (χ4v) is 3.76. The van der Waals surface area contributed by atoms with E-state index in [2.05, 4.69) is 85.8 Å². The third-order valence-corrected chi connectivity index (χ3v) is 5.23. The van der Waals surface area contributed by atoms with Gasteiger partial charge in [-0.15, -0.1) is 0 Å². The van der Waals surface area contributed by atoms with Crippen LogP contribution in [0.25, 0.3) is 0 Å². The van der Waals surface area contributed by atoms with E-state index in [4.69, 9.17) is 0 Å². The van der Waals surface area contributed by atoms with Crippen LogP contribution in [0.3, 0.4) is 0 Å². The van der Waals surface area contributed by atoms with Crippen LogP contribution in [0.1, 0.15) is 30.5 Å². The first-order chi connectivity index (χ1) is 8.72. The maximum absolute atomic E-state index is 3.64. The summed E-state index contributed by atoms with van der Waals surface area (Å²) in [4.78, 5) is 0. The number of nitrogens with one attached hydrogen (secondary N) is 1. The Morgan fingerprint density at radius 1 is 1.28 bits per heavy atom. The van der Waals surface area contributed by atoms with Crippen LogP contribution in [0.4, 0.5) is 0 Å². The molecule has 1 heterocycles. The van der Waals surface area contributed by atoms with Crippen LogP contribution < -0.4 is 5.32 Å². The summed E-state index contributed by atoms with van der Waals surface area (Å²) in [5.74, 6) is 0. The van der Waals surface area contributed by atoms with E-state index >= 15 is 0 Å². The van der Waals surface area contributed by atoms with Gasteiger partial charge in [-0.2, -0.15) is 11.3 Å². The summed E-state index contributed by atoms with van der Waals surface area (Å²) in [5, 5.41) is 7.98. The lowest BCUT2D eigenvalue weighted by atomic mass is 10.0. The molecule has 96 valence electrons. The molecule has 2 aromatic rings. The lowest BCUT2D eigenvalue weighted by Gasteiger charge is -2.19. The molecule has 1 nitrogen and oxygen atoms in total. The Morgan fingerprint density at radius 2 is 2.00 bits per heavy atom. The third-order valence-electron chi connectivity index (χ3n) is 2.76. The molecule has 0 aliphatic carbocycles. The van der Waals surface area contributed by atoms with Crippen LogP contribution in [0.5, 0.6) is 0 Å². The van der Waals surface area contributed by atoms with Crippen molar-refractivity contribution in [2.45, 2.75) is 19.4 Å². The molecule has 2 rings (SSSR count). The van der Waals surface area contributed by atoms with Crippen LogP contribution in [0.2, 0.25) is 0 Å². The fraction of sp³-hybridized carbons (Fsp3) is 0.286. The van der Waals surface area contributed by atoms with Crippen LogP contribution in [0.15, 0.2) is 39.5 Å². The second-order valence-corrected chi connectivity index (χ2v) is 6.96. The molecule has 4 heteroatoms. The standard InChI is InChI=1S/C14H15BrINS/c1-2-7-17-14(12-8-18-9-13(12)15)10-3-5-11(16)6-4-10/h3-6,8-9,14,17H,2,7H2,1H3. The lowest BCUT2D eigenvalue weighted by Crippen LogP contribution is -2.23. The third kappa shape index (κ3) is 3.56. The SMILES string of the molecule is CCCNC(c1ccc(I)cc1)c1cscc1Br. The van der Waals surface area contributed by atoms with Gasteiger partial charge >= 0.3 is 0 Å². The zero-order valence-electron chi connectivity index (χ0n) is 10.1. The molecule has 1 N–H and O–H groups in total. The van der Waals surface area contributed by atoms with Crippen molar-refractivity contribution in [2.75, 3.05) is 6.54 Å². The van der Waals surface area contributed by atoms with Crippen LogP contribution >= 0.6 is 49.9 Å². The van der Waals surface area contributed by atoms with E-state index in [9.17, 15) is 0 Å². The van der Waals surface area contributed by atoms with Crippen LogP contribution in [0, 0.1) is 3.57 Å². The van der Waals surface area contributed by atoms with Gasteiger partial charge in [0.15, 0.2) is 0 Å². The van der Waals surface area contributed by atoms with Crippen molar-refractivity contribution >= 4 is 49.9 Å². The highest BCUT2D eigenvalue weighted by atomic mass is 127. The van der Waals surface area contributed by atoms with E-state index in [0.29, 0.717) is 0 Å². The minimum absolute atomic E-state index is 0.280. The molecule has 0 bridgehead atoms. The smallest absolute Gasteiger partial charge is 0.0596 e. The molecule has 1 atom stereocenters. The maximum Gasteiger partial charge on any atom is 0.0596 e. The van der Waals surface area contributed by atoms with Crippen molar-refractivity contribution in [1.29, 1.82) is 0 Å². The molecule has 0 spiro atoms. The highest BCUT2D eigenvalue weighted by Crippen LogP contribution is 2.31. The molecular formula is C14H15BrINS. The zero-order valence-corrected chi connectivity index (χ0v) is 14.7. The predicted octanol–water partition coefficient (Wildman–Crippen LogP) is 5.20. The zero-order chi connectivity index (χ0) is 13.0. The highest BCUT2D eigenvalue weighted by Gasteiger charge is 2.16. The lowest BCUT2D eigenvalue weighted by molar-refractivity contribution is 0.598. The first-order valence-corrected chi connectivity index (χ1v) is 8.74. The second kappa shape index (κ2) is 7.03. The highest BCUT2D eigenvalue weighted by molar-refractivity contribution is 14.1. The molecule has 1 aromatic heterocycles. The summed E-state index contributed by atoms with van der Waals surface area (Å²) in [7, 11) is 0. The molecule has 0 saturated heterocycles. The quantitative estimate of drug-likeness (QED) is 0.636. The fourth-order valence-electron chi connectivity index (χ4n) is 1.85. The number of benzene rings is 1. The molecule has 0 radical (unpaired) electrons. The topological polar surface area (TPSA) is 12.0 Å². The van der Waals surface area contributed by atoms with Gasteiger partial charge in [-0.25, -0.2) is 0 Å². The Bertz CT molecular complexity index is 495. The van der Waals surface area contributed by atoms with Gasteiger partial charge in [-0.3, -0.25) is 0 Å². The van der Waals surface area contributed by atoms with E-state index < -0.39 is 0 Å². The van der Waals surface area contributed by atoms with Crippen molar-refractivity contribution in [3.63, 3.8) is 0 Å². The number of halogens is 2. The molecule has 18 heavy (non-hydrogen) atoms. The van der Waals surface area contributed by atoms with E-state index in [1.165, 1.54) is 19.2 Å². The van der Waals surface area contributed by atoms with Crippen molar-refractivity contribution < 1.29 is 0 Å². The van der Waals surface area contributed by atoms with E-state index in [1.54, 1.807) is 11.3 Å². The largest absolute Gasteiger partial charge is 0.306 e. The van der Waals surface area contributed by atoms with E-state index in [1.807, 2.05) is 0 Å². The number of thiophene rings is 1. The Morgan fingerprint density at radius 3 is 2.56 bits per heavy atom. The van der Waals surface area contributed by atoms with E-state index in [0.717, 1.165) is 13.0 Å². The normalized spacial score (nSPS) is 12.6. The van der Waals surface area contributed by atoms with Gasteiger partial charge in [0.2, 0.25) is 0 Å². The molecule has 1 aromatic carbocycles. The first-order valence-electron chi connectivity index (χ1n) is 5.92. The molecule has 0 amide bonds. The minimum Gasteiger partial charge on any atom is -0.306 e. The summed E-state index contributed by atoms with van der Waals surface area (Å²) in [6.07, 6.45) is 1.14. The second-order valence-electron chi connectivity index (χ2n) is 4.11. The van der Waals surface area contributed by atoms with Crippen LogP contribution in [-0.4, -0.2) is 6.54 Å². The number of rotatable bonds is 5. The first kappa shape index (κ1) is 14.5. The molecule has 0 fully saturated rings. The minimum atomic E-state index is 0.280. The molecule has 0 aliphatic heterocycles. The van der Waals surface area contributed by atoms with Gasteiger partial charge in [-0.05, 0) is 80.1 Å². The summed E-state index contributed by atoms with van der Waals surface area (Å²) < 4.78 is 2.47. The average Bonchev–Trinajstić information content (AvgIpc) is 2.78. The van der Waals surface area contributed by atoms with Crippen molar-refractivity contribution in [1.82, 2.24) is 5.32 Å². The number of hydrogen-bond donors (Lipinski definition) is 1. The summed E-state index contributed by atoms with van der Waals surface area (Å²) in [6, 6.07) is 9.02. The van der Waals surface area contributed by atoms with E-state index in [-0.39, 0.29) is 6.04 Å². The van der Waals surface area contributed by atoms with Crippen molar-refractivity contribution in [2.24, 2.45) is 0 Å². The predicted molar refractivity (Wildman–Crippen MR) is 91.3 cm³/mol. The van der Waals surface area contributed by atoms with Gasteiger partial charge in [0.25, 0.3) is 0 Å². The Balaban J connectivity index is 2.30. The van der Waals surface area contributed by atoms with Crippen LogP contribution in [-0.2, 0) is 0 Å². The Labute approximate surface area is 134 Å². The monoisotopic (exact) mass is 435 g/mol. The van der Waals surface area contributed by atoms with Gasteiger partial charge in [0.05, 0.1) is 6.04 Å². The van der Waals surface area contributed by atoms with Gasteiger partial charge in [0.1, 0.15) is 0 Å². The summed E-state index contributed by atoms with van der Waals surface area (Å²) in [5.41, 5.74) is 2.65. The van der Waals surface area contributed by atoms with Crippen molar-refractivity contribution in [3.8, 4) is 0 Å². The summed E-state index contributed by atoms with van der Waals surface area (Å²) in [6.45, 7) is 3.22. The molecule has 0 saturated carbocycles. The average molecular weight is 436 g/mol. The molecule has 1 unspecified atom stereocenters. The molecular weight excluding hydrogens is 421 g/mol. The van der Waals surface area contributed by atoms with Crippen molar-refractivity contribution in [3.05, 3.63) is 54.2 Å². The Kier molecular flexibility index (Phi) is 5.66. The maximum atomic E-state index is 3.64. The Hall–Kier alpha value is 0.0900. The molecule has 0 aliphatic rings. The van der Waals surface area contributed by atoms with Gasteiger partial charge < -0.3 is 5.32 Å². The van der Waals surface area contributed by atoms with Gasteiger partial charge in [0, 0.05) is 13.4 Å². The number of hydrogen-bond acceptors (Lipinski definition) is 2. The van der Waals surface area contributed by atoms with Gasteiger partial charge in [-0.1, -0.05) is 19.1 Å².